The molecule has 0 aliphatic rings. The molecule has 0 aliphatic heterocycles. The van der Waals surface area contributed by atoms with Crippen molar-refractivity contribution >= 4 is 11.6 Å². The first-order chi connectivity index (χ1) is 6.61. The highest BCUT2D eigenvalue weighted by molar-refractivity contribution is 6.25. The van der Waals surface area contributed by atoms with Crippen LogP contribution in [0.1, 0.15) is 12.5 Å². The van der Waals surface area contributed by atoms with E-state index in [0.717, 1.165) is 11.1 Å². The maximum absolute atomic E-state index is 9.30. The topological polar surface area (TPSA) is 29.5 Å². The highest BCUT2D eigenvalue weighted by Crippen LogP contribution is 2.21. The lowest BCUT2D eigenvalue weighted by Crippen LogP contribution is -1.98. The second kappa shape index (κ2) is 4.91. The Morgan fingerprint density at radius 2 is 2.21 bits per heavy atom. The molecule has 0 amide bonds. The fourth-order valence-corrected chi connectivity index (χ4v) is 1.10. The van der Waals surface area contributed by atoms with Crippen molar-refractivity contribution < 1.29 is 9.84 Å². The first kappa shape index (κ1) is 10.9. The summed E-state index contributed by atoms with van der Waals surface area (Å²) in [5.41, 5.74) is 3.38. The zero-order chi connectivity index (χ0) is 10.6. The van der Waals surface area contributed by atoms with Crippen molar-refractivity contribution in [2.75, 3.05) is 6.61 Å². The van der Waals surface area contributed by atoms with E-state index in [1.807, 2.05) is 19.9 Å². The molecule has 0 saturated carbocycles. The van der Waals surface area contributed by atoms with E-state index < -0.39 is 0 Å². The van der Waals surface area contributed by atoms with Crippen LogP contribution in [0, 0.1) is 6.92 Å². The van der Waals surface area contributed by atoms with Gasteiger partial charge in [-0.1, -0.05) is 11.6 Å². The molecule has 2 nitrogen and oxygen atoms in total. The van der Waals surface area contributed by atoms with Gasteiger partial charge in [-0.15, -0.1) is 0 Å². The van der Waals surface area contributed by atoms with Crippen LogP contribution in [0.25, 0.3) is 0 Å². The van der Waals surface area contributed by atoms with Crippen LogP contribution in [0.2, 0.25) is 0 Å². The van der Waals surface area contributed by atoms with Crippen molar-refractivity contribution in [1.29, 1.82) is 0 Å². The highest BCUT2D eigenvalue weighted by atomic mass is 35.5. The fourth-order valence-electron chi connectivity index (χ4n) is 1.04. The second-order valence-electron chi connectivity index (χ2n) is 3.25. The van der Waals surface area contributed by atoms with Gasteiger partial charge in [0.1, 0.15) is 18.1 Å². The van der Waals surface area contributed by atoms with Gasteiger partial charge in [-0.05, 0) is 37.1 Å². The Labute approximate surface area is 88.8 Å². The quantitative estimate of drug-likeness (QED) is 0.834. The van der Waals surface area contributed by atoms with Gasteiger partial charge in [0.25, 0.3) is 0 Å². The Bertz CT molecular complexity index is 325. The number of phenols is 1. The maximum Gasteiger partial charge on any atom is 0.123 e. The minimum absolute atomic E-state index is 0.215. The summed E-state index contributed by atoms with van der Waals surface area (Å²) in [4.78, 5) is 0. The number of ether oxygens (including phenoxy) is 1. The Hall–Kier alpha value is -1.15. The van der Waals surface area contributed by atoms with Crippen LogP contribution in [-0.4, -0.2) is 11.7 Å². The Morgan fingerprint density at radius 1 is 1.50 bits per heavy atom. The van der Waals surface area contributed by atoms with E-state index in [0.29, 0.717) is 12.4 Å². The third-order valence-electron chi connectivity index (χ3n) is 1.69. The van der Waals surface area contributed by atoms with Gasteiger partial charge in [0.2, 0.25) is 0 Å². The molecule has 0 bridgehead atoms. The van der Waals surface area contributed by atoms with Crippen LogP contribution in [0.3, 0.4) is 0 Å². The van der Waals surface area contributed by atoms with Crippen molar-refractivity contribution in [1.82, 2.24) is 0 Å². The molecule has 3 heteroatoms. The van der Waals surface area contributed by atoms with E-state index in [1.54, 1.807) is 12.1 Å². The van der Waals surface area contributed by atoms with Gasteiger partial charge in [0.05, 0.1) is 0 Å². The van der Waals surface area contributed by atoms with Gasteiger partial charge in [-0.3, -0.25) is 0 Å². The summed E-state index contributed by atoms with van der Waals surface area (Å²) in [5.74, 6) is 0.868. The number of halogens is 1. The van der Waals surface area contributed by atoms with Crippen molar-refractivity contribution in [3.63, 3.8) is 0 Å². The number of rotatable bonds is 3. The van der Waals surface area contributed by atoms with Gasteiger partial charge in [0, 0.05) is 11.6 Å². The molecule has 0 aliphatic carbocycles. The number of aryl methyl sites for hydroxylation is 1. The predicted molar refractivity (Wildman–Crippen MR) is 57.9 cm³/mol. The van der Waals surface area contributed by atoms with Crippen LogP contribution >= 0.6 is 11.6 Å². The molecule has 14 heavy (non-hydrogen) atoms. The number of phenolic OH excluding ortho intramolecular Hbond substituents is 1. The molecular formula is C11H13ClO2. The van der Waals surface area contributed by atoms with Gasteiger partial charge in [0.15, 0.2) is 0 Å². The Morgan fingerprint density at radius 3 is 2.79 bits per heavy atom. The van der Waals surface area contributed by atoms with Gasteiger partial charge >= 0.3 is 0 Å². The lowest BCUT2D eigenvalue weighted by atomic mass is 10.2. The van der Waals surface area contributed by atoms with E-state index in [-0.39, 0.29) is 5.75 Å². The molecule has 0 fully saturated rings. The molecule has 0 spiro atoms. The third kappa shape index (κ3) is 3.30. The largest absolute Gasteiger partial charge is 0.508 e. The van der Waals surface area contributed by atoms with Gasteiger partial charge in [-0.25, -0.2) is 0 Å². The minimum atomic E-state index is 0.215. The molecular weight excluding hydrogens is 200 g/mol. The zero-order valence-corrected chi connectivity index (χ0v) is 9.01. The van der Waals surface area contributed by atoms with E-state index >= 15 is 0 Å². The smallest absolute Gasteiger partial charge is 0.123 e. The third-order valence-corrected chi connectivity index (χ3v) is 2.06. The molecule has 1 aromatic carbocycles. The normalized spacial score (nSPS) is 11.5. The summed E-state index contributed by atoms with van der Waals surface area (Å²) >= 11 is 5.49. The van der Waals surface area contributed by atoms with Gasteiger partial charge in [-0.2, -0.15) is 0 Å². The summed E-state index contributed by atoms with van der Waals surface area (Å²) < 4.78 is 5.41. The average molecular weight is 213 g/mol. The molecule has 1 aromatic rings. The molecule has 1 N–H and O–H groups in total. The van der Waals surface area contributed by atoms with E-state index in [2.05, 4.69) is 0 Å². The van der Waals surface area contributed by atoms with Crippen molar-refractivity contribution in [2.45, 2.75) is 13.8 Å². The van der Waals surface area contributed by atoms with Crippen LogP contribution in [0.5, 0.6) is 11.5 Å². The summed E-state index contributed by atoms with van der Waals surface area (Å²) in [6.07, 6.45) is 0. The minimum Gasteiger partial charge on any atom is -0.508 e. The molecule has 0 aromatic heterocycles. The number of hydrogen-bond acceptors (Lipinski definition) is 2. The Balaban J connectivity index is 2.67. The first-order valence-electron chi connectivity index (χ1n) is 4.31. The van der Waals surface area contributed by atoms with E-state index in [4.69, 9.17) is 16.3 Å². The van der Waals surface area contributed by atoms with E-state index in [1.165, 1.54) is 5.54 Å². The van der Waals surface area contributed by atoms with Crippen molar-refractivity contribution in [3.05, 3.63) is 34.9 Å². The van der Waals surface area contributed by atoms with Crippen LogP contribution in [0.15, 0.2) is 29.3 Å². The van der Waals surface area contributed by atoms with Crippen LogP contribution in [0.4, 0.5) is 0 Å². The maximum atomic E-state index is 9.30. The van der Waals surface area contributed by atoms with E-state index in [9.17, 15) is 5.11 Å². The summed E-state index contributed by atoms with van der Waals surface area (Å²) in [6, 6.07) is 5.12. The average Bonchev–Trinajstić information content (AvgIpc) is 2.12. The molecule has 0 atom stereocenters. The standard InChI is InChI=1S/C11H13ClO2/c1-8-3-10(13)5-11(4-8)14-7-9(2)6-12/h3-6,13H,7H2,1-2H3/b9-6-. The molecule has 76 valence electrons. The monoisotopic (exact) mass is 212 g/mol. The zero-order valence-electron chi connectivity index (χ0n) is 8.25. The van der Waals surface area contributed by atoms with Crippen LogP contribution < -0.4 is 4.74 Å². The first-order valence-corrected chi connectivity index (χ1v) is 4.75. The molecule has 0 heterocycles. The molecule has 0 saturated heterocycles. The van der Waals surface area contributed by atoms with Crippen molar-refractivity contribution in [2.24, 2.45) is 0 Å². The number of hydrogen-bond donors (Lipinski definition) is 1. The summed E-state index contributed by atoms with van der Waals surface area (Å²) in [6.45, 7) is 4.21. The molecule has 0 radical (unpaired) electrons. The van der Waals surface area contributed by atoms with Crippen LogP contribution in [-0.2, 0) is 0 Å². The molecule has 1 rings (SSSR count). The fraction of sp³-hybridized carbons (Fsp3) is 0.273. The summed E-state index contributed by atoms with van der Waals surface area (Å²) in [7, 11) is 0. The lowest BCUT2D eigenvalue weighted by molar-refractivity contribution is 0.349. The lowest BCUT2D eigenvalue weighted by Gasteiger charge is -2.07. The Kier molecular flexibility index (Phi) is 3.84. The number of benzene rings is 1. The molecule has 0 unspecified atom stereocenters. The summed E-state index contributed by atoms with van der Waals surface area (Å²) in [5, 5.41) is 9.30. The second-order valence-corrected chi connectivity index (χ2v) is 3.47. The SMILES string of the molecule is C/C(=C/Cl)COc1cc(C)cc(O)c1. The van der Waals surface area contributed by atoms with Crippen molar-refractivity contribution in [3.8, 4) is 11.5 Å². The number of aromatic hydroxyl groups is 1. The predicted octanol–water partition coefficient (Wildman–Crippen LogP) is 3.22. The van der Waals surface area contributed by atoms with Gasteiger partial charge < -0.3 is 9.84 Å². The highest BCUT2D eigenvalue weighted by Gasteiger charge is 1.98.